The van der Waals surface area contributed by atoms with Gasteiger partial charge in [0, 0.05) is 49.7 Å². The highest BCUT2D eigenvalue weighted by molar-refractivity contribution is 5.95. The van der Waals surface area contributed by atoms with E-state index in [1.807, 2.05) is 16.7 Å². The monoisotopic (exact) mass is 441 g/mol. The van der Waals surface area contributed by atoms with Gasteiger partial charge in [0.1, 0.15) is 11.6 Å². The molecule has 1 aromatic heterocycles. The van der Waals surface area contributed by atoms with Crippen molar-refractivity contribution in [1.29, 1.82) is 0 Å². The Labute approximate surface area is 192 Å². The van der Waals surface area contributed by atoms with E-state index in [9.17, 15) is 9.59 Å². The first kappa shape index (κ1) is 23.1. The molecule has 3 aliphatic heterocycles. The topological polar surface area (TPSA) is 69.6 Å². The van der Waals surface area contributed by atoms with Crippen molar-refractivity contribution >= 4 is 17.6 Å². The van der Waals surface area contributed by atoms with Crippen LogP contribution in [-0.4, -0.2) is 70.9 Å². The molecule has 7 nitrogen and oxygen atoms in total. The summed E-state index contributed by atoms with van der Waals surface area (Å²) < 4.78 is 0. The number of hydrogen-bond donors (Lipinski definition) is 0. The van der Waals surface area contributed by atoms with Gasteiger partial charge in [0.05, 0.1) is 0 Å². The van der Waals surface area contributed by atoms with Crippen molar-refractivity contribution in [2.24, 2.45) is 5.92 Å². The summed E-state index contributed by atoms with van der Waals surface area (Å²) in [5, 5.41) is 0. The molecular weight excluding hydrogens is 402 g/mol. The van der Waals surface area contributed by atoms with E-state index < -0.39 is 0 Å². The fourth-order valence-electron chi connectivity index (χ4n) is 5.22. The summed E-state index contributed by atoms with van der Waals surface area (Å²) in [5.41, 5.74) is 2.10. The summed E-state index contributed by atoms with van der Waals surface area (Å²) in [4.78, 5) is 41.5. The first-order valence-corrected chi connectivity index (χ1v) is 12.6. The van der Waals surface area contributed by atoms with E-state index in [1.54, 1.807) is 0 Å². The largest absolute Gasteiger partial charge is 0.342 e. The van der Waals surface area contributed by atoms with Crippen molar-refractivity contribution in [1.82, 2.24) is 19.8 Å². The van der Waals surface area contributed by atoms with Crippen molar-refractivity contribution in [3.63, 3.8) is 0 Å². The molecule has 3 aliphatic rings. The van der Waals surface area contributed by atoms with Crippen molar-refractivity contribution in [3.05, 3.63) is 17.1 Å². The van der Waals surface area contributed by atoms with Crippen LogP contribution >= 0.6 is 0 Å². The molecule has 32 heavy (non-hydrogen) atoms. The minimum Gasteiger partial charge on any atom is -0.342 e. The zero-order chi connectivity index (χ0) is 22.7. The van der Waals surface area contributed by atoms with E-state index in [-0.39, 0.29) is 17.7 Å². The number of carbonyl (C=O) groups is 2. The van der Waals surface area contributed by atoms with Crippen LogP contribution in [0.4, 0.5) is 5.82 Å². The lowest BCUT2D eigenvalue weighted by Crippen LogP contribution is -2.38. The molecular formula is C25H39N5O2. The maximum absolute atomic E-state index is 12.8. The van der Waals surface area contributed by atoms with E-state index in [0.717, 1.165) is 61.7 Å². The molecule has 1 aromatic rings. The third-order valence-corrected chi connectivity index (χ3v) is 7.25. The average Bonchev–Trinajstić information content (AvgIpc) is 3.45. The van der Waals surface area contributed by atoms with Crippen molar-refractivity contribution in [2.45, 2.75) is 78.1 Å². The van der Waals surface area contributed by atoms with Gasteiger partial charge in [0.2, 0.25) is 11.8 Å². The Morgan fingerprint density at radius 3 is 2.62 bits per heavy atom. The van der Waals surface area contributed by atoms with E-state index in [4.69, 9.17) is 9.97 Å². The minimum absolute atomic E-state index is 0.158. The molecule has 4 heterocycles. The van der Waals surface area contributed by atoms with Crippen LogP contribution < -0.4 is 4.90 Å². The predicted octanol–water partition coefficient (Wildman–Crippen LogP) is 3.30. The van der Waals surface area contributed by atoms with Gasteiger partial charge in [-0.3, -0.25) is 14.5 Å². The molecule has 0 N–H and O–H groups in total. The molecule has 0 radical (unpaired) electrons. The molecule has 0 spiro atoms. The number of aryl methyl sites for hydroxylation is 1. The van der Waals surface area contributed by atoms with E-state index in [1.165, 1.54) is 25.9 Å². The number of aromatic nitrogens is 2. The standard InChI is InChI=1S/C25H39N5O2/c1-18(2)10-16-30-23(32)9-8-21-19(3)26-24(27-25(21)30)20-11-15-29(17-20)22(31)7-6-14-28-12-4-5-13-28/h18,20H,4-17H2,1-3H3. The molecule has 1 unspecified atom stereocenters. The molecule has 2 saturated heterocycles. The Morgan fingerprint density at radius 1 is 1.09 bits per heavy atom. The van der Waals surface area contributed by atoms with Gasteiger partial charge in [0.25, 0.3) is 0 Å². The van der Waals surface area contributed by atoms with Crippen LogP contribution in [0, 0.1) is 12.8 Å². The van der Waals surface area contributed by atoms with Gasteiger partial charge in [0.15, 0.2) is 0 Å². The summed E-state index contributed by atoms with van der Waals surface area (Å²) in [5.74, 6) is 2.75. The van der Waals surface area contributed by atoms with Gasteiger partial charge in [-0.15, -0.1) is 0 Å². The third kappa shape index (κ3) is 5.30. The summed E-state index contributed by atoms with van der Waals surface area (Å²) in [6, 6.07) is 0. The smallest absolute Gasteiger partial charge is 0.228 e. The van der Waals surface area contributed by atoms with Gasteiger partial charge in [-0.25, -0.2) is 9.97 Å². The van der Waals surface area contributed by atoms with Crippen molar-refractivity contribution in [3.8, 4) is 0 Å². The highest BCUT2D eigenvalue weighted by Gasteiger charge is 2.33. The number of rotatable bonds is 8. The summed E-state index contributed by atoms with van der Waals surface area (Å²) >= 11 is 0. The van der Waals surface area contributed by atoms with E-state index in [0.29, 0.717) is 31.8 Å². The molecule has 2 fully saturated rings. The number of carbonyl (C=O) groups excluding carboxylic acids is 2. The van der Waals surface area contributed by atoms with E-state index in [2.05, 4.69) is 18.7 Å². The van der Waals surface area contributed by atoms with Crippen molar-refractivity contribution in [2.75, 3.05) is 44.2 Å². The Hall–Kier alpha value is -2.02. The molecule has 7 heteroatoms. The SMILES string of the molecule is Cc1nc(C2CCN(C(=O)CCCN3CCCC3)C2)nc2c1CCC(=O)N2CCC(C)C. The minimum atomic E-state index is 0.158. The second kappa shape index (κ2) is 10.3. The zero-order valence-corrected chi connectivity index (χ0v) is 20.1. The zero-order valence-electron chi connectivity index (χ0n) is 20.1. The quantitative estimate of drug-likeness (QED) is 0.619. The lowest BCUT2D eigenvalue weighted by atomic mass is 10.0. The number of anilines is 1. The maximum Gasteiger partial charge on any atom is 0.228 e. The Bertz CT molecular complexity index is 834. The summed E-state index contributed by atoms with van der Waals surface area (Å²) in [7, 11) is 0. The Balaban J connectivity index is 1.40. The molecule has 0 aromatic carbocycles. The maximum atomic E-state index is 12.8. The third-order valence-electron chi connectivity index (χ3n) is 7.25. The van der Waals surface area contributed by atoms with Crippen LogP contribution in [0.5, 0.6) is 0 Å². The first-order chi connectivity index (χ1) is 15.4. The molecule has 4 rings (SSSR count). The number of amides is 2. The molecule has 0 bridgehead atoms. The fourth-order valence-corrected chi connectivity index (χ4v) is 5.22. The summed E-state index contributed by atoms with van der Waals surface area (Å²) in [6.07, 6.45) is 7.29. The lowest BCUT2D eigenvalue weighted by molar-refractivity contribution is -0.130. The van der Waals surface area contributed by atoms with Gasteiger partial charge in [-0.2, -0.15) is 0 Å². The van der Waals surface area contributed by atoms with Gasteiger partial charge in [-0.1, -0.05) is 13.8 Å². The van der Waals surface area contributed by atoms with Crippen LogP contribution in [0.15, 0.2) is 0 Å². The van der Waals surface area contributed by atoms with Crippen LogP contribution in [0.25, 0.3) is 0 Å². The number of fused-ring (bicyclic) bond motifs is 1. The fraction of sp³-hybridized carbons (Fsp3) is 0.760. The molecule has 0 aliphatic carbocycles. The second-order valence-corrected chi connectivity index (χ2v) is 10.2. The van der Waals surface area contributed by atoms with Gasteiger partial charge >= 0.3 is 0 Å². The molecule has 176 valence electrons. The van der Waals surface area contributed by atoms with Gasteiger partial charge < -0.3 is 9.80 Å². The normalized spacial score (nSPS) is 21.6. The molecule has 1 atom stereocenters. The summed E-state index contributed by atoms with van der Waals surface area (Å²) in [6.45, 7) is 12.0. The van der Waals surface area contributed by atoms with Crippen LogP contribution in [0.1, 0.15) is 81.8 Å². The first-order valence-electron chi connectivity index (χ1n) is 12.6. The number of hydrogen-bond acceptors (Lipinski definition) is 5. The average molecular weight is 442 g/mol. The Kier molecular flexibility index (Phi) is 7.44. The van der Waals surface area contributed by atoms with E-state index >= 15 is 0 Å². The van der Waals surface area contributed by atoms with Gasteiger partial charge in [-0.05, 0) is 71.0 Å². The number of nitrogens with zero attached hydrogens (tertiary/aromatic N) is 5. The lowest BCUT2D eigenvalue weighted by Gasteiger charge is -2.30. The molecule has 0 saturated carbocycles. The number of likely N-dealkylation sites (tertiary alicyclic amines) is 2. The Morgan fingerprint density at radius 2 is 1.88 bits per heavy atom. The predicted molar refractivity (Wildman–Crippen MR) is 126 cm³/mol. The highest BCUT2D eigenvalue weighted by atomic mass is 16.2. The molecule has 2 amide bonds. The second-order valence-electron chi connectivity index (χ2n) is 10.2. The van der Waals surface area contributed by atoms with Crippen molar-refractivity contribution < 1.29 is 9.59 Å². The van der Waals surface area contributed by atoms with Crippen LogP contribution in [0.2, 0.25) is 0 Å². The van der Waals surface area contributed by atoms with Crippen LogP contribution in [-0.2, 0) is 16.0 Å². The van der Waals surface area contributed by atoms with Crippen LogP contribution in [0.3, 0.4) is 0 Å². The highest BCUT2D eigenvalue weighted by Crippen LogP contribution is 2.32.